The minimum absolute atomic E-state index is 0.101. The van der Waals surface area contributed by atoms with Gasteiger partial charge in [-0.15, -0.1) is 0 Å². The Morgan fingerprint density at radius 1 is 1.07 bits per heavy atom. The topological polar surface area (TPSA) is 72.5 Å². The van der Waals surface area contributed by atoms with Crippen LogP contribution in [0.25, 0.3) is 11.0 Å². The fraction of sp³-hybridized carbons (Fsp3) is 0.455. The first-order valence-corrected chi connectivity index (χ1v) is 9.82. The molecule has 5 heteroatoms. The molecule has 1 aliphatic heterocycles. The molecule has 1 saturated heterocycles. The van der Waals surface area contributed by atoms with Crippen LogP contribution in [0.4, 0.5) is 5.82 Å². The summed E-state index contributed by atoms with van der Waals surface area (Å²) in [6, 6.07) is 11.2. The number of nitrogens with one attached hydrogen (secondary N) is 1. The Hall–Kier alpha value is -2.40. The highest BCUT2D eigenvalue weighted by molar-refractivity contribution is 5.87. The Labute approximate surface area is 161 Å². The normalized spacial score (nSPS) is 17.4. The monoisotopic (exact) mass is 364 g/mol. The highest BCUT2D eigenvalue weighted by atomic mass is 15.2. The van der Waals surface area contributed by atoms with E-state index in [9.17, 15) is 0 Å². The number of hydrogen-bond donors (Lipinski definition) is 2. The average Bonchev–Trinajstić information content (AvgIpc) is 3.11. The van der Waals surface area contributed by atoms with E-state index in [4.69, 9.17) is 0 Å². The molecule has 1 aromatic carbocycles. The lowest BCUT2D eigenvalue weighted by molar-refractivity contribution is -0.482. The highest BCUT2D eigenvalue weighted by Crippen LogP contribution is 2.29. The molecule has 4 rings (SSSR count). The highest BCUT2D eigenvalue weighted by Gasteiger charge is 2.35. The predicted molar refractivity (Wildman–Crippen MR) is 110 cm³/mol. The summed E-state index contributed by atoms with van der Waals surface area (Å²) in [7, 11) is 0. The molecule has 27 heavy (non-hydrogen) atoms. The van der Waals surface area contributed by atoms with Crippen molar-refractivity contribution >= 4 is 16.9 Å². The molecule has 5 nitrogen and oxygen atoms in total. The number of fused-ring (bicyclic) bond motifs is 1. The molecular formula is C22H30N5+. The molecule has 4 N–H and O–H groups in total. The van der Waals surface area contributed by atoms with Crippen molar-refractivity contribution in [2.75, 3.05) is 18.0 Å². The lowest BCUT2D eigenvalue weighted by Crippen LogP contribution is -2.76. The number of benzene rings is 1. The molecule has 0 unspecified atom stereocenters. The van der Waals surface area contributed by atoms with Crippen LogP contribution in [0.15, 0.2) is 42.9 Å². The maximum atomic E-state index is 4.61. The quantitative estimate of drug-likeness (QED) is 0.750. The number of aromatic amines is 1. The zero-order valence-electron chi connectivity index (χ0n) is 16.6. The average molecular weight is 365 g/mol. The number of hydrogen-bond acceptors (Lipinski definition) is 3. The lowest BCUT2D eigenvalue weighted by atomic mass is 9.81. The molecular weight excluding hydrogens is 334 g/mol. The Morgan fingerprint density at radius 2 is 1.78 bits per heavy atom. The molecule has 0 aliphatic carbocycles. The van der Waals surface area contributed by atoms with Gasteiger partial charge in [-0.25, -0.2) is 9.97 Å². The molecule has 0 bridgehead atoms. The van der Waals surface area contributed by atoms with E-state index in [1.165, 1.54) is 11.1 Å². The summed E-state index contributed by atoms with van der Waals surface area (Å²) in [6.07, 6.45) is 6.76. The van der Waals surface area contributed by atoms with E-state index >= 15 is 0 Å². The predicted octanol–water partition coefficient (Wildman–Crippen LogP) is 3.08. The number of nitrogens with zero attached hydrogens (tertiary/aromatic N) is 3. The van der Waals surface area contributed by atoms with E-state index < -0.39 is 0 Å². The zero-order chi connectivity index (χ0) is 19.1. The van der Waals surface area contributed by atoms with Gasteiger partial charge in [-0.2, -0.15) is 0 Å². The minimum atomic E-state index is 0.101. The van der Waals surface area contributed by atoms with E-state index in [1.807, 2.05) is 6.20 Å². The number of piperidine rings is 1. The number of aromatic nitrogens is 3. The van der Waals surface area contributed by atoms with Gasteiger partial charge in [0.25, 0.3) is 0 Å². The van der Waals surface area contributed by atoms with Gasteiger partial charge in [0, 0.05) is 38.5 Å². The fourth-order valence-corrected chi connectivity index (χ4v) is 4.04. The van der Waals surface area contributed by atoms with Crippen LogP contribution in [0.3, 0.4) is 0 Å². The van der Waals surface area contributed by atoms with Gasteiger partial charge in [-0.1, -0.05) is 45.0 Å². The summed E-state index contributed by atoms with van der Waals surface area (Å²) in [5.41, 5.74) is 8.60. The van der Waals surface area contributed by atoms with Crippen molar-refractivity contribution in [2.45, 2.75) is 51.0 Å². The van der Waals surface area contributed by atoms with Crippen LogP contribution in [0, 0.1) is 0 Å². The van der Waals surface area contributed by atoms with Crippen molar-refractivity contribution < 1.29 is 5.73 Å². The maximum absolute atomic E-state index is 4.61. The van der Waals surface area contributed by atoms with Crippen LogP contribution in [0.1, 0.15) is 44.7 Å². The molecule has 0 radical (unpaired) electrons. The number of quaternary nitrogens is 1. The van der Waals surface area contributed by atoms with E-state index in [0.29, 0.717) is 0 Å². The van der Waals surface area contributed by atoms with E-state index in [1.54, 1.807) is 6.33 Å². The second-order valence-corrected chi connectivity index (χ2v) is 9.05. The Bertz CT molecular complexity index is 912. The van der Waals surface area contributed by atoms with Crippen LogP contribution in [0.5, 0.6) is 0 Å². The largest absolute Gasteiger partial charge is 0.355 e. The van der Waals surface area contributed by atoms with E-state index in [0.717, 1.165) is 49.2 Å². The lowest BCUT2D eigenvalue weighted by Gasteiger charge is -2.37. The van der Waals surface area contributed by atoms with Crippen LogP contribution < -0.4 is 10.6 Å². The van der Waals surface area contributed by atoms with Gasteiger partial charge in [0.1, 0.15) is 23.3 Å². The first-order valence-electron chi connectivity index (χ1n) is 9.82. The third-order valence-electron chi connectivity index (χ3n) is 5.86. The van der Waals surface area contributed by atoms with Crippen molar-refractivity contribution in [3.05, 3.63) is 54.0 Å². The first kappa shape index (κ1) is 18.0. The van der Waals surface area contributed by atoms with Crippen LogP contribution >= 0.6 is 0 Å². The van der Waals surface area contributed by atoms with Crippen molar-refractivity contribution in [1.29, 1.82) is 0 Å². The third kappa shape index (κ3) is 3.69. The minimum Gasteiger partial charge on any atom is -0.355 e. The molecule has 2 aromatic heterocycles. The standard InChI is InChI=1S/C22H29N5/c1-21(2,3)17-6-4-16(5-7-17)14-22(23)9-12-27(13-10-22)20-18-8-11-24-19(18)25-15-26-20/h4-8,11,15H,9-10,12-14,23H2,1-3H3,(H,24,25,26)/p+1. The van der Waals surface area contributed by atoms with Gasteiger partial charge >= 0.3 is 0 Å². The van der Waals surface area contributed by atoms with Crippen LogP contribution in [-0.4, -0.2) is 33.6 Å². The molecule has 142 valence electrons. The van der Waals surface area contributed by atoms with E-state index in [-0.39, 0.29) is 11.0 Å². The SMILES string of the molecule is CC(C)(C)c1ccc(CC2([NH3+])CCN(c3ncnc4[nH]ccc34)CC2)cc1. The van der Waals surface area contributed by atoms with Crippen molar-refractivity contribution in [2.24, 2.45) is 0 Å². The van der Waals surface area contributed by atoms with Crippen LogP contribution in [-0.2, 0) is 11.8 Å². The summed E-state index contributed by atoms with van der Waals surface area (Å²) in [6.45, 7) is 8.75. The summed E-state index contributed by atoms with van der Waals surface area (Å²) in [4.78, 5) is 14.4. The summed E-state index contributed by atoms with van der Waals surface area (Å²) < 4.78 is 0. The van der Waals surface area contributed by atoms with Gasteiger partial charge in [0.15, 0.2) is 0 Å². The number of anilines is 1. The smallest absolute Gasteiger partial charge is 0.142 e. The van der Waals surface area contributed by atoms with Crippen molar-refractivity contribution in [3.63, 3.8) is 0 Å². The first-order chi connectivity index (χ1) is 12.8. The van der Waals surface area contributed by atoms with Gasteiger partial charge in [0.2, 0.25) is 0 Å². The summed E-state index contributed by atoms with van der Waals surface area (Å²) in [5.74, 6) is 1.04. The Balaban J connectivity index is 1.44. The fourth-order valence-electron chi connectivity index (χ4n) is 4.04. The Morgan fingerprint density at radius 3 is 2.44 bits per heavy atom. The third-order valence-corrected chi connectivity index (χ3v) is 5.86. The molecule has 0 atom stereocenters. The molecule has 3 aromatic rings. The van der Waals surface area contributed by atoms with Gasteiger partial charge in [-0.3, -0.25) is 0 Å². The summed E-state index contributed by atoms with van der Waals surface area (Å²) >= 11 is 0. The van der Waals surface area contributed by atoms with Crippen LogP contribution in [0.2, 0.25) is 0 Å². The summed E-state index contributed by atoms with van der Waals surface area (Å²) in [5, 5.41) is 1.10. The zero-order valence-corrected chi connectivity index (χ0v) is 16.6. The molecule has 0 saturated carbocycles. The maximum Gasteiger partial charge on any atom is 0.142 e. The number of H-pyrrole nitrogens is 1. The molecule has 1 fully saturated rings. The molecule has 0 amide bonds. The molecule has 1 aliphatic rings. The number of rotatable bonds is 3. The van der Waals surface area contributed by atoms with Gasteiger partial charge in [-0.05, 0) is 22.6 Å². The molecule has 3 heterocycles. The van der Waals surface area contributed by atoms with Gasteiger partial charge in [0.05, 0.1) is 5.39 Å². The second-order valence-electron chi connectivity index (χ2n) is 9.05. The molecule has 0 spiro atoms. The van der Waals surface area contributed by atoms with Crippen molar-refractivity contribution in [1.82, 2.24) is 15.0 Å². The van der Waals surface area contributed by atoms with E-state index in [2.05, 4.69) is 76.7 Å². The second kappa shape index (κ2) is 6.64. The van der Waals surface area contributed by atoms with Crippen molar-refractivity contribution in [3.8, 4) is 0 Å². The van der Waals surface area contributed by atoms with Gasteiger partial charge < -0.3 is 15.6 Å². The Kier molecular flexibility index (Phi) is 4.42.